The number of carboxylic acid groups (broad SMARTS) is 1. The maximum absolute atomic E-state index is 11.8. The van der Waals surface area contributed by atoms with Crippen molar-refractivity contribution < 1.29 is 14.5 Å². The fourth-order valence-corrected chi connectivity index (χ4v) is 6.24. The van der Waals surface area contributed by atoms with Crippen LogP contribution in [0.1, 0.15) is 20.8 Å². The summed E-state index contributed by atoms with van der Waals surface area (Å²) in [4.78, 5) is 22.7. The number of rotatable bonds is 8. The monoisotopic (exact) mass is 538 g/mol. The van der Waals surface area contributed by atoms with Gasteiger partial charge in [0.05, 0.1) is 16.0 Å². The summed E-state index contributed by atoms with van der Waals surface area (Å²) in [6.45, 7) is 5.59. The van der Waals surface area contributed by atoms with Gasteiger partial charge in [0.1, 0.15) is 4.75 Å². The first-order chi connectivity index (χ1) is 18.4. The number of benzene rings is 2. The van der Waals surface area contributed by atoms with E-state index in [4.69, 9.17) is 0 Å². The Hall–Kier alpha value is -3.68. The number of aliphatic carboxylic acids is 1. The third kappa shape index (κ3) is 5.17. The van der Waals surface area contributed by atoms with E-state index in [9.17, 15) is 9.90 Å². The Morgan fingerprint density at radius 3 is 2.42 bits per heavy atom. The molecule has 0 atom stereocenters. The van der Waals surface area contributed by atoms with E-state index in [1.807, 2.05) is 36.5 Å². The molecule has 0 saturated heterocycles. The summed E-state index contributed by atoms with van der Waals surface area (Å²) in [5.41, 5.74) is 5.17. The van der Waals surface area contributed by atoms with Gasteiger partial charge in [0.15, 0.2) is 12.4 Å². The average Bonchev–Trinajstić information content (AvgIpc) is 2.93. The molecule has 5 aromatic rings. The van der Waals surface area contributed by atoms with Crippen LogP contribution < -0.4 is 4.57 Å². The minimum atomic E-state index is -0.980. The predicted molar refractivity (Wildman–Crippen MR) is 156 cm³/mol. The zero-order valence-electron chi connectivity index (χ0n) is 21.5. The van der Waals surface area contributed by atoms with E-state index in [1.165, 1.54) is 16.7 Å². The molecule has 7 heteroatoms. The third-order valence-electron chi connectivity index (χ3n) is 6.30. The number of thioether (sulfide) groups is 2. The fraction of sp³-hybridized carbons (Fsp3) is 0.161. The summed E-state index contributed by atoms with van der Waals surface area (Å²) in [6.07, 6.45) is 9.62. The lowest BCUT2D eigenvalue weighted by Crippen LogP contribution is -2.30. The van der Waals surface area contributed by atoms with Gasteiger partial charge in [-0.2, -0.15) is 4.57 Å². The van der Waals surface area contributed by atoms with Crippen LogP contribution in [0.2, 0.25) is 0 Å². The Balaban J connectivity index is 1.64. The Morgan fingerprint density at radius 2 is 1.68 bits per heavy atom. The molecule has 0 aliphatic carbocycles. The van der Waals surface area contributed by atoms with Crippen molar-refractivity contribution in [1.29, 1.82) is 0 Å². The summed E-state index contributed by atoms with van der Waals surface area (Å²) >= 11 is 3.12. The molecule has 0 bridgehead atoms. The number of hydrogen-bond acceptors (Lipinski definition) is 5. The largest absolute Gasteiger partial charge is 0.480 e. The minimum absolute atomic E-state index is 0.840. The molecule has 2 aromatic carbocycles. The molecule has 0 aliphatic rings. The summed E-state index contributed by atoms with van der Waals surface area (Å²) in [5.74, 6) is 0.0995. The molecule has 38 heavy (non-hydrogen) atoms. The van der Waals surface area contributed by atoms with Crippen LogP contribution >= 0.6 is 23.5 Å². The molecule has 0 fully saturated rings. The van der Waals surface area contributed by atoms with Crippen molar-refractivity contribution in [3.63, 3.8) is 0 Å². The van der Waals surface area contributed by atoms with E-state index < -0.39 is 10.7 Å². The Labute approximate surface area is 231 Å². The van der Waals surface area contributed by atoms with E-state index in [2.05, 4.69) is 70.3 Å². The molecule has 0 aliphatic heterocycles. The molecular weight excluding hydrogens is 510 g/mol. The Morgan fingerprint density at radius 1 is 0.895 bits per heavy atom. The number of carbonyl (C=O) groups is 1. The van der Waals surface area contributed by atoms with Gasteiger partial charge in [-0.25, -0.2) is 0 Å². The zero-order valence-corrected chi connectivity index (χ0v) is 23.1. The van der Waals surface area contributed by atoms with Crippen molar-refractivity contribution in [2.75, 3.05) is 5.75 Å². The van der Waals surface area contributed by atoms with E-state index >= 15 is 0 Å². The highest BCUT2D eigenvalue weighted by atomic mass is 32.2. The average molecular weight is 539 g/mol. The first-order valence-corrected chi connectivity index (χ1v) is 14.2. The molecule has 190 valence electrons. The maximum atomic E-state index is 11.8. The van der Waals surface area contributed by atoms with Gasteiger partial charge in [-0.3, -0.25) is 14.8 Å². The van der Waals surface area contributed by atoms with Crippen LogP contribution in [0.5, 0.6) is 0 Å². The van der Waals surface area contributed by atoms with Crippen LogP contribution in [-0.2, 0) is 4.79 Å². The Bertz CT molecular complexity index is 1620. The van der Waals surface area contributed by atoms with Crippen LogP contribution in [0, 0.1) is 0 Å². The molecular formula is C31H28N3O2S2+. The van der Waals surface area contributed by atoms with E-state index in [1.54, 1.807) is 38.0 Å². The van der Waals surface area contributed by atoms with Crippen molar-refractivity contribution in [2.45, 2.75) is 35.3 Å². The summed E-state index contributed by atoms with van der Waals surface area (Å²) < 4.78 is 1.19. The van der Waals surface area contributed by atoms with Crippen molar-refractivity contribution in [2.24, 2.45) is 0 Å². The van der Waals surface area contributed by atoms with Crippen molar-refractivity contribution >= 4 is 40.3 Å². The normalized spacial score (nSPS) is 11.6. The van der Waals surface area contributed by atoms with Crippen LogP contribution in [0.3, 0.4) is 0 Å². The SMILES string of the molecule is CCSc1c[n+](-c2ccc(-c3ccncc3SC(C)(C)C(=O)O)c3ccccc23)ccc1-c1ccccn1. The molecule has 0 radical (unpaired) electrons. The van der Waals surface area contributed by atoms with Gasteiger partial charge >= 0.3 is 5.97 Å². The molecule has 0 unspecified atom stereocenters. The number of hydrogen-bond donors (Lipinski definition) is 1. The molecule has 3 aromatic heterocycles. The Kier molecular flexibility index (Phi) is 7.49. The molecule has 1 N–H and O–H groups in total. The lowest BCUT2D eigenvalue weighted by atomic mass is 9.97. The number of fused-ring (bicyclic) bond motifs is 1. The van der Waals surface area contributed by atoms with E-state index in [0.29, 0.717) is 0 Å². The van der Waals surface area contributed by atoms with Crippen LogP contribution in [-0.4, -0.2) is 31.5 Å². The fourth-order valence-electron chi connectivity index (χ4n) is 4.38. The number of nitrogens with zero attached hydrogens (tertiary/aromatic N) is 3. The molecule has 3 heterocycles. The second-order valence-electron chi connectivity index (χ2n) is 9.25. The van der Waals surface area contributed by atoms with Gasteiger partial charge < -0.3 is 5.11 Å². The molecule has 5 rings (SSSR count). The van der Waals surface area contributed by atoms with Gasteiger partial charge in [0.2, 0.25) is 5.69 Å². The standard InChI is InChI=1S/C31H27N3O2S2/c1-4-37-29-20-34(18-15-25(29)26-11-7-8-16-33-26)27-13-12-22(21-9-5-6-10-23(21)27)24-14-17-32-19-28(24)38-31(2,3)30(35)36/h5-20H,4H2,1-3H3/p+1. The molecule has 0 amide bonds. The van der Waals surface area contributed by atoms with Gasteiger partial charge in [-0.15, -0.1) is 23.5 Å². The minimum Gasteiger partial charge on any atom is -0.480 e. The first-order valence-electron chi connectivity index (χ1n) is 12.4. The second kappa shape index (κ2) is 11.0. The molecule has 5 nitrogen and oxygen atoms in total. The highest BCUT2D eigenvalue weighted by molar-refractivity contribution is 8.01. The quantitative estimate of drug-likeness (QED) is 0.165. The van der Waals surface area contributed by atoms with E-state index in [0.717, 1.165) is 49.5 Å². The van der Waals surface area contributed by atoms with Crippen molar-refractivity contribution in [3.05, 3.63) is 97.7 Å². The predicted octanol–water partition coefficient (Wildman–Crippen LogP) is 7.31. The van der Waals surface area contributed by atoms with Gasteiger partial charge in [0.25, 0.3) is 0 Å². The van der Waals surface area contributed by atoms with Gasteiger partial charge in [-0.05, 0) is 66.4 Å². The van der Waals surface area contributed by atoms with Crippen molar-refractivity contribution in [1.82, 2.24) is 9.97 Å². The van der Waals surface area contributed by atoms with Crippen LogP contribution in [0.25, 0.3) is 38.8 Å². The lowest BCUT2D eigenvalue weighted by molar-refractivity contribution is -0.596. The lowest BCUT2D eigenvalue weighted by Gasteiger charge is -2.20. The summed E-state index contributed by atoms with van der Waals surface area (Å²) in [5, 5.41) is 11.9. The maximum Gasteiger partial charge on any atom is 0.319 e. The smallest absolute Gasteiger partial charge is 0.319 e. The van der Waals surface area contributed by atoms with Crippen LogP contribution in [0.15, 0.2) is 108 Å². The summed E-state index contributed by atoms with van der Waals surface area (Å²) in [6, 6.07) is 22.7. The number of carboxylic acids is 1. The third-order valence-corrected chi connectivity index (χ3v) is 8.45. The number of aromatic nitrogens is 3. The molecule has 0 spiro atoms. The zero-order chi connectivity index (χ0) is 26.7. The van der Waals surface area contributed by atoms with Gasteiger partial charge in [0, 0.05) is 41.2 Å². The molecule has 0 saturated carbocycles. The van der Waals surface area contributed by atoms with Gasteiger partial charge in [-0.1, -0.05) is 31.2 Å². The topological polar surface area (TPSA) is 67.0 Å². The van der Waals surface area contributed by atoms with Crippen molar-refractivity contribution in [3.8, 4) is 28.1 Å². The highest BCUT2D eigenvalue weighted by Crippen LogP contribution is 2.41. The number of pyridine rings is 3. The second-order valence-corrected chi connectivity index (χ2v) is 12.2. The summed E-state index contributed by atoms with van der Waals surface area (Å²) in [7, 11) is 0. The first kappa shape index (κ1) is 25.9. The van der Waals surface area contributed by atoms with Crippen LogP contribution in [0.4, 0.5) is 0 Å². The highest BCUT2D eigenvalue weighted by Gasteiger charge is 2.30. The van der Waals surface area contributed by atoms with E-state index in [-0.39, 0.29) is 0 Å².